The van der Waals surface area contributed by atoms with E-state index in [-0.39, 0.29) is 5.91 Å². The summed E-state index contributed by atoms with van der Waals surface area (Å²) < 4.78 is 6.71. The summed E-state index contributed by atoms with van der Waals surface area (Å²) in [6.45, 7) is 7.95. The van der Waals surface area contributed by atoms with Crippen molar-refractivity contribution in [2.45, 2.75) is 44.1 Å². The van der Waals surface area contributed by atoms with Crippen molar-refractivity contribution in [1.82, 2.24) is 10.2 Å². The van der Waals surface area contributed by atoms with Gasteiger partial charge in [-0.2, -0.15) is 0 Å². The number of anilines is 1. The normalized spacial score (nSPS) is 12.3. The largest absolute Gasteiger partial charge is 0.481 e. The van der Waals surface area contributed by atoms with Crippen LogP contribution in [0, 0.1) is 6.92 Å². The number of amides is 1. The van der Waals surface area contributed by atoms with Gasteiger partial charge in [-0.15, -0.1) is 10.2 Å². The summed E-state index contributed by atoms with van der Waals surface area (Å²) in [5.74, 6) is 0.850. The molecule has 0 fully saturated rings. The van der Waals surface area contributed by atoms with E-state index in [1.165, 1.54) is 23.1 Å². The van der Waals surface area contributed by atoms with Crippen LogP contribution >= 0.6 is 23.1 Å². The fourth-order valence-corrected chi connectivity index (χ4v) is 3.19. The molecule has 1 N–H and O–H groups in total. The molecule has 23 heavy (non-hydrogen) atoms. The number of carbonyl (C=O) groups excluding carboxylic acids is 1. The van der Waals surface area contributed by atoms with E-state index in [1.54, 1.807) is 6.92 Å². The highest BCUT2D eigenvalue weighted by atomic mass is 32.2. The van der Waals surface area contributed by atoms with Gasteiger partial charge < -0.3 is 4.74 Å². The number of hydrogen-bond donors (Lipinski definition) is 1. The van der Waals surface area contributed by atoms with Gasteiger partial charge in [0.05, 0.1) is 0 Å². The predicted molar refractivity (Wildman–Crippen MR) is 95.7 cm³/mol. The van der Waals surface area contributed by atoms with Gasteiger partial charge >= 0.3 is 0 Å². The van der Waals surface area contributed by atoms with Crippen LogP contribution < -0.4 is 10.1 Å². The Bertz CT molecular complexity index is 686. The van der Waals surface area contributed by atoms with Gasteiger partial charge in [0.2, 0.25) is 5.13 Å². The Morgan fingerprint density at radius 2 is 2.04 bits per heavy atom. The maximum atomic E-state index is 12.3. The summed E-state index contributed by atoms with van der Waals surface area (Å²) in [4.78, 5) is 12.3. The smallest absolute Gasteiger partial charge is 0.266 e. The van der Waals surface area contributed by atoms with Gasteiger partial charge in [0, 0.05) is 0 Å². The molecule has 1 aromatic heterocycles. The molecule has 1 aromatic carbocycles. The zero-order chi connectivity index (χ0) is 17.0. The van der Waals surface area contributed by atoms with Crippen LogP contribution in [-0.2, 0) is 4.79 Å². The van der Waals surface area contributed by atoms with E-state index in [1.807, 2.05) is 19.2 Å². The van der Waals surface area contributed by atoms with Crippen LogP contribution in [0.15, 0.2) is 22.5 Å². The third-order valence-corrected chi connectivity index (χ3v) is 5.09. The van der Waals surface area contributed by atoms with E-state index < -0.39 is 6.10 Å². The first kappa shape index (κ1) is 17.7. The number of carbonyl (C=O) groups is 1. The number of thioether (sulfide) groups is 1. The van der Waals surface area contributed by atoms with Gasteiger partial charge in [0.15, 0.2) is 10.4 Å². The number of aromatic nitrogens is 2. The lowest BCUT2D eigenvalue weighted by atomic mass is 10.0. The first-order valence-corrected chi connectivity index (χ1v) is 9.40. The molecular weight excluding hydrogens is 330 g/mol. The first-order valence-electron chi connectivity index (χ1n) is 7.36. The highest BCUT2D eigenvalue weighted by molar-refractivity contribution is 8.00. The van der Waals surface area contributed by atoms with Crippen LogP contribution in [0.25, 0.3) is 0 Å². The first-order chi connectivity index (χ1) is 10.9. The minimum absolute atomic E-state index is 0.231. The number of nitrogens with one attached hydrogen (secondary N) is 1. The Morgan fingerprint density at radius 1 is 1.30 bits per heavy atom. The second kappa shape index (κ2) is 7.79. The summed E-state index contributed by atoms with van der Waals surface area (Å²) in [6, 6.07) is 6.07. The summed E-state index contributed by atoms with van der Waals surface area (Å²) in [5.41, 5.74) is 2.20. The molecule has 0 unspecified atom stereocenters. The van der Waals surface area contributed by atoms with Crippen molar-refractivity contribution < 1.29 is 9.53 Å². The second-order valence-electron chi connectivity index (χ2n) is 5.52. The minimum Gasteiger partial charge on any atom is -0.481 e. The van der Waals surface area contributed by atoms with Gasteiger partial charge in [-0.1, -0.05) is 49.1 Å². The van der Waals surface area contributed by atoms with Crippen LogP contribution in [-0.4, -0.2) is 28.5 Å². The average molecular weight is 351 g/mol. The zero-order valence-electron chi connectivity index (χ0n) is 13.9. The number of aryl methyl sites for hydroxylation is 1. The van der Waals surface area contributed by atoms with E-state index >= 15 is 0 Å². The number of ether oxygens (including phenoxy) is 1. The molecule has 0 bridgehead atoms. The van der Waals surface area contributed by atoms with E-state index in [0.717, 1.165) is 21.2 Å². The molecule has 1 heterocycles. The molecule has 7 heteroatoms. The molecule has 124 valence electrons. The van der Waals surface area contributed by atoms with Crippen molar-refractivity contribution in [2.75, 3.05) is 11.6 Å². The van der Waals surface area contributed by atoms with Crippen LogP contribution in [0.1, 0.15) is 37.8 Å². The number of rotatable bonds is 6. The SMILES string of the molecule is CSc1nnc(NC(=O)[C@H](C)Oc2cc(C)ccc2C(C)C)s1. The fraction of sp³-hybridized carbons (Fsp3) is 0.438. The van der Waals surface area contributed by atoms with E-state index in [0.29, 0.717) is 11.0 Å². The average Bonchev–Trinajstić information content (AvgIpc) is 2.94. The minimum atomic E-state index is -0.615. The highest BCUT2D eigenvalue weighted by Crippen LogP contribution is 2.29. The lowest BCUT2D eigenvalue weighted by molar-refractivity contribution is -0.122. The van der Waals surface area contributed by atoms with Crippen molar-refractivity contribution in [2.24, 2.45) is 0 Å². The Hall–Kier alpha value is -1.60. The summed E-state index contributed by atoms with van der Waals surface area (Å²) in [7, 11) is 0. The molecule has 0 saturated heterocycles. The Labute approximate surface area is 144 Å². The van der Waals surface area contributed by atoms with Crippen molar-refractivity contribution >= 4 is 34.1 Å². The Balaban J connectivity index is 2.07. The van der Waals surface area contributed by atoms with Gasteiger partial charge in [-0.25, -0.2) is 0 Å². The van der Waals surface area contributed by atoms with Crippen molar-refractivity contribution in [3.8, 4) is 5.75 Å². The molecular formula is C16H21N3O2S2. The van der Waals surface area contributed by atoms with Crippen LogP contribution in [0.5, 0.6) is 5.75 Å². The van der Waals surface area contributed by atoms with Gasteiger partial charge in [-0.3, -0.25) is 10.1 Å². The predicted octanol–water partition coefficient (Wildman–Crippen LogP) is 4.10. The molecule has 2 rings (SSSR count). The molecule has 0 radical (unpaired) electrons. The Kier molecular flexibility index (Phi) is 6.01. The van der Waals surface area contributed by atoms with Gasteiger partial charge in [0.1, 0.15) is 5.75 Å². The Morgan fingerprint density at radius 3 is 2.65 bits per heavy atom. The molecule has 0 spiro atoms. The number of nitrogens with zero attached hydrogens (tertiary/aromatic N) is 2. The van der Waals surface area contributed by atoms with Crippen LogP contribution in [0.3, 0.4) is 0 Å². The summed E-state index contributed by atoms with van der Waals surface area (Å²) in [5, 5.41) is 11.1. The van der Waals surface area contributed by atoms with Crippen molar-refractivity contribution in [3.05, 3.63) is 29.3 Å². The number of benzene rings is 1. The molecule has 5 nitrogen and oxygen atoms in total. The van der Waals surface area contributed by atoms with E-state index in [4.69, 9.17) is 4.74 Å². The lowest BCUT2D eigenvalue weighted by Gasteiger charge is -2.18. The zero-order valence-corrected chi connectivity index (χ0v) is 15.5. The van der Waals surface area contributed by atoms with Crippen molar-refractivity contribution in [3.63, 3.8) is 0 Å². The molecule has 2 aromatic rings. The third kappa shape index (κ3) is 4.68. The molecule has 0 aliphatic heterocycles. The maximum absolute atomic E-state index is 12.3. The second-order valence-corrected chi connectivity index (χ2v) is 7.55. The molecule has 1 amide bonds. The van der Waals surface area contributed by atoms with Gasteiger partial charge in [-0.05, 0) is 43.2 Å². The molecule has 0 aliphatic carbocycles. The summed E-state index contributed by atoms with van der Waals surface area (Å²) >= 11 is 2.85. The van der Waals surface area contributed by atoms with Crippen molar-refractivity contribution in [1.29, 1.82) is 0 Å². The van der Waals surface area contributed by atoms with Crippen LogP contribution in [0.4, 0.5) is 5.13 Å². The van der Waals surface area contributed by atoms with E-state index in [9.17, 15) is 4.79 Å². The number of hydrogen-bond acceptors (Lipinski definition) is 6. The quantitative estimate of drug-likeness (QED) is 0.627. The molecule has 1 atom stereocenters. The highest BCUT2D eigenvalue weighted by Gasteiger charge is 2.19. The lowest BCUT2D eigenvalue weighted by Crippen LogP contribution is -2.30. The summed E-state index contributed by atoms with van der Waals surface area (Å²) in [6.07, 6.45) is 1.30. The fourth-order valence-electron chi connectivity index (χ4n) is 2.01. The molecule has 0 saturated carbocycles. The van der Waals surface area contributed by atoms with Crippen LogP contribution in [0.2, 0.25) is 0 Å². The van der Waals surface area contributed by atoms with Gasteiger partial charge in [0.25, 0.3) is 5.91 Å². The standard InChI is InChI=1S/C16H21N3O2S2/c1-9(2)12-7-6-10(3)8-13(12)21-11(4)14(20)17-15-18-19-16(22-5)23-15/h6-9,11H,1-5H3,(H,17,18,20)/t11-/m0/s1. The maximum Gasteiger partial charge on any atom is 0.266 e. The monoisotopic (exact) mass is 351 g/mol. The third-order valence-electron chi connectivity index (χ3n) is 3.28. The molecule has 0 aliphatic rings. The topological polar surface area (TPSA) is 64.1 Å². The van der Waals surface area contributed by atoms with E-state index in [2.05, 4.69) is 41.5 Å².